The summed E-state index contributed by atoms with van der Waals surface area (Å²) in [4.78, 5) is 12.9. The molecule has 0 aliphatic carbocycles. The van der Waals surface area contributed by atoms with E-state index in [0.29, 0.717) is 6.54 Å². The van der Waals surface area contributed by atoms with Gasteiger partial charge in [0, 0.05) is 18.4 Å². The molecule has 1 N–H and O–H groups in total. The summed E-state index contributed by atoms with van der Waals surface area (Å²) in [7, 11) is 0. The molecule has 0 fully saturated rings. The van der Waals surface area contributed by atoms with Crippen LogP contribution in [0.15, 0.2) is 42.6 Å². The van der Waals surface area contributed by atoms with E-state index in [0.717, 1.165) is 24.3 Å². The molecule has 5 heteroatoms. The van der Waals surface area contributed by atoms with Crippen molar-refractivity contribution in [2.24, 2.45) is 0 Å². The quantitative estimate of drug-likeness (QED) is 0.841. The molecule has 2 aromatic rings. The normalized spacial score (nSPS) is 10.4. The highest BCUT2D eigenvalue weighted by atomic mass is 16.4. The third kappa shape index (κ3) is 3.60. The van der Waals surface area contributed by atoms with Gasteiger partial charge >= 0.3 is 5.97 Å². The molecule has 0 saturated heterocycles. The summed E-state index contributed by atoms with van der Waals surface area (Å²) in [6.45, 7) is 3.45. The van der Waals surface area contributed by atoms with Crippen molar-refractivity contribution in [2.75, 3.05) is 11.4 Å². The maximum atomic E-state index is 11.1. The van der Waals surface area contributed by atoms with Crippen LogP contribution in [-0.2, 0) is 17.9 Å². The van der Waals surface area contributed by atoms with E-state index in [1.165, 1.54) is 0 Å². The maximum Gasteiger partial charge on any atom is 0.323 e. The highest BCUT2D eigenvalue weighted by molar-refractivity contribution is 5.73. The fraction of sp³-hybridized carbons (Fsp3) is 0.333. The van der Waals surface area contributed by atoms with E-state index in [9.17, 15) is 4.79 Å². The number of nitrogens with zero attached hydrogens (tertiary/aromatic N) is 3. The molecule has 0 aliphatic rings. The van der Waals surface area contributed by atoms with Crippen LogP contribution in [0.5, 0.6) is 0 Å². The first kappa shape index (κ1) is 14.1. The Morgan fingerprint density at radius 1 is 1.30 bits per heavy atom. The molecule has 5 nitrogen and oxygen atoms in total. The maximum absolute atomic E-state index is 11.1. The van der Waals surface area contributed by atoms with E-state index in [2.05, 4.69) is 12.0 Å². The second-order valence-electron chi connectivity index (χ2n) is 4.63. The lowest BCUT2D eigenvalue weighted by atomic mass is 10.2. The van der Waals surface area contributed by atoms with E-state index in [4.69, 9.17) is 5.11 Å². The molecule has 0 aliphatic heterocycles. The monoisotopic (exact) mass is 273 g/mol. The molecule has 0 amide bonds. The Morgan fingerprint density at radius 3 is 2.70 bits per heavy atom. The van der Waals surface area contributed by atoms with Gasteiger partial charge in [-0.2, -0.15) is 5.10 Å². The van der Waals surface area contributed by atoms with Gasteiger partial charge in [0.15, 0.2) is 0 Å². The van der Waals surface area contributed by atoms with Crippen LogP contribution in [0.4, 0.5) is 5.69 Å². The summed E-state index contributed by atoms with van der Waals surface area (Å²) in [5.74, 6) is -0.838. The number of carbonyl (C=O) groups is 1. The van der Waals surface area contributed by atoms with Gasteiger partial charge in [0.2, 0.25) is 0 Å². The number of aryl methyl sites for hydroxylation is 1. The molecule has 20 heavy (non-hydrogen) atoms. The summed E-state index contributed by atoms with van der Waals surface area (Å²) >= 11 is 0. The minimum Gasteiger partial charge on any atom is -0.480 e. The smallest absolute Gasteiger partial charge is 0.323 e. The first-order valence-electron chi connectivity index (χ1n) is 6.73. The van der Waals surface area contributed by atoms with Crippen LogP contribution in [0.3, 0.4) is 0 Å². The largest absolute Gasteiger partial charge is 0.480 e. The highest BCUT2D eigenvalue weighted by Crippen LogP contribution is 2.16. The molecule has 0 saturated carbocycles. The predicted molar refractivity (Wildman–Crippen MR) is 77.6 cm³/mol. The Hall–Kier alpha value is -2.30. The van der Waals surface area contributed by atoms with Crippen molar-refractivity contribution in [3.63, 3.8) is 0 Å². The van der Waals surface area contributed by atoms with Crippen LogP contribution in [-0.4, -0.2) is 27.4 Å². The second-order valence-corrected chi connectivity index (χ2v) is 4.63. The van der Waals surface area contributed by atoms with Crippen molar-refractivity contribution in [3.05, 3.63) is 48.3 Å². The summed E-state index contributed by atoms with van der Waals surface area (Å²) in [6.07, 6.45) is 2.76. The predicted octanol–water partition coefficient (Wildman–Crippen LogP) is 2.38. The van der Waals surface area contributed by atoms with Crippen LogP contribution in [0.25, 0.3) is 0 Å². The van der Waals surface area contributed by atoms with Gasteiger partial charge in [-0.15, -0.1) is 0 Å². The van der Waals surface area contributed by atoms with Gasteiger partial charge < -0.3 is 10.0 Å². The van der Waals surface area contributed by atoms with Crippen LogP contribution < -0.4 is 4.90 Å². The Balaban J connectivity index is 2.19. The Bertz CT molecular complexity index is 551. The van der Waals surface area contributed by atoms with E-state index < -0.39 is 5.97 Å². The number of carboxylic acid groups (broad SMARTS) is 1. The summed E-state index contributed by atoms with van der Waals surface area (Å²) in [6, 6.07) is 11.5. The Morgan fingerprint density at radius 2 is 2.05 bits per heavy atom. The molecule has 0 atom stereocenters. The number of anilines is 1. The fourth-order valence-electron chi connectivity index (χ4n) is 2.14. The van der Waals surface area contributed by atoms with Crippen molar-refractivity contribution >= 4 is 11.7 Å². The van der Waals surface area contributed by atoms with Crippen LogP contribution in [0.2, 0.25) is 0 Å². The first-order chi connectivity index (χ1) is 9.70. The molecule has 0 unspecified atom stereocenters. The number of hydrogen-bond acceptors (Lipinski definition) is 3. The minimum absolute atomic E-state index is 0.0265. The van der Waals surface area contributed by atoms with Gasteiger partial charge in [-0.3, -0.25) is 9.48 Å². The summed E-state index contributed by atoms with van der Waals surface area (Å²) in [5, 5.41) is 13.4. The molecule has 1 aromatic carbocycles. The lowest BCUT2D eigenvalue weighted by molar-refractivity contribution is -0.135. The molecule has 0 spiro atoms. The van der Waals surface area contributed by atoms with E-state index in [-0.39, 0.29) is 6.54 Å². The molecule has 2 rings (SSSR count). The zero-order chi connectivity index (χ0) is 14.4. The Labute approximate surface area is 118 Å². The number of rotatable bonds is 7. The number of hydrogen-bond donors (Lipinski definition) is 1. The molecule has 0 radical (unpaired) electrons. The third-order valence-electron chi connectivity index (χ3n) is 3.04. The van der Waals surface area contributed by atoms with Crippen molar-refractivity contribution in [1.29, 1.82) is 0 Å². The summed E-state index contributed by atoms with van der Waals surface area (Å²) < 4.78 is 1.93. The number of aromatic nitrogens is 2. The topological polar surface area (TPSA) is 58.4 Å². The van der Waals surface area contributed by atoms with Crippen molar-refractivity contribution < 1.29 is 9.90 Å². The van der Waals surface area contributed by atoms with E-state index in [1.807, 2.05) is 46.0 Å². The standard InChI is InChI=1S/C15H19N3O2/c1-2-10-18-14(8-9-16-18)11-17(12-15(19)20)13-6-4-3-5-7-13/h3-9H,2,10-12H2,1H3,(H,19,20). The van der Waals surface area contributed by atoms with Crippen molar-refractivity contribution in [3.8, 4) is 0 Å². The van der Waals surface area contributed by atoms with Gasteiger partial charge in [0.05, 0.1) is 12.2 Å². The van der Waals surface area contributed by atoms with Gasteiger partial charge in [-0.25, -0.2) is 0 Å². The molecule has 1 aromatic heterocycles. The lowest BCUT2D eigenvalue weighted by Gasteiger charge is -2.23. The van der Waals surface area contributed by atoms with Crippen LogP contribution >= 0.6 is 0 Å². The van der Waals surface area contributed by atoms with E-state index in [1.54, 1.807) is 6.20 Å². The van der Waals surface area contributed by atoms with Crippen LogP contribution in [0, 0.1) is 0 Å². The Kier molecular flexibility index (Phi) is 4.76. The van der Waals surface area contributed by atoms with E-state index >= 15 is 0 Å². The van der Waals surface area contributed by atoms with Gasteiger partial charge in [-0.1, -0.05) is 25.1 Å². The number of para-hydroxylation sites is 1. The van der Waals surface area contributed by atoms with Crippen molar-refractivity contribution in [2.45, 2.75) is 26.4 Å². The zero-order valence-electron chi connectivity index (χ0n) is 11.6. The number of carboxylic acids is 1. The fourth-order valence-corrected chi connectivity index (χ4v) is 2.14. The molecule has 0 bridgehead atoms. The number of benzene rings is 1. The molecular formula is C15H19N3O2. The number of aliphatic carboxylic acids is 1. The average Bonchev–Trinajstić information content (AvgIpc) is 2.86. The zero-order valence-corrected chi connectivity index (χ0v) is 11.6. The third-order valence-corrected chi connectivity index (χ3v) is 3.04. The van der Waals surface area contributed by atoms with Crippen LogP contribution in [0.1, 0.15) is 19.0 Å². The van der Waals surface area contributed by atoms with Gasteiger partial charge in [0.1, 0.15) is 6.54 Å². The molecule has 1 heterocycles. The summed E-state index contributed by atoms with van der Waals surface area (Å²) in [5.41, 5.74) is 1.93. The lowest BCUT2D eigenvalue weighted by Crippen LogP contribution is -2.30. The van der Waals surface area contributed by atoms with Gasteiger partial charge in [-0.05, 0) is 24.6 Å². The SMILES string of the molecule is CCCn1nccc1CN(CC(=O)O)c1ccccc1. The highest BCUT2D eigenvalue weighted by Gasteiger charge is 2.13. The average molecular weight is 273 g/mol. The first-order valence-corrected chi connectivity index (χ1v) is 6.73. The molecular weight excluding hydrogens is 254 g/mol. The second kappa shape index (κ2) is 6.75. The molecule has 106 valence electrons. The minimum atomic E-state index is -0.838. The van der Waals surface area contributed by atoms with Gasteiger partial charge in [0.25, 0.3) is 0 Å². The van der Waals surface area contributed by atoms with Crippen molar-refractivity contribution in [1.82, 2.24) is 9.78 Å².